The highest BCUT2D eigenvalue weighted by Crippen LogP contribution is 2.06. The largest absolute Gasteiger partial charge is 0.326 e. The van der Waals surface area contributed by atoms with Crippen molar-refractivity contribution in [3.8, 4) is 0 Å². The smallest absolute Gasteiger partial charge is 0.152 e. The molecular weight excluding hydrogens is 226 g/mol. The molecule has 0 amide bonds. The molecule has 0 radical (unpaired) electrons. The van der Waals surface area contributed by atoms with Crippen LogP contribution < -0.4 is 5.73 Å². The predicted octanol–water partition coefficient (Wildman–Crippen LogP) is 0.475. The second-order valence-electron chi connectivity index (χ2n) is 3.83. The SMILES string of the molecule is CCCS(=O)(=O)CCn1ncc(CN)c1C. The molecule has 0 saturated heterocycles. The van der Waals surface area contributed by atoms with Crippen LogP contribution >= 0.6 is 0 Å². The summed E-state index contributed by atoms with van der Waals surface area (Å²) in [6.07, 6.45) is 2.36. The topological polar surface area (TPSA) is 78.0 Å². The van der Waals surface area contributed by atoms with Gasteiger partial charge in [0.15, 0.2) is 9.84 Å². The Morgan fingerprint density at radius 1 is 1.44 bits per heavy atom. The minimum Gasteiger partial charge on any atom is -0.326 e. The summed E-state index contributed by atoms with van der Waals surface area (Å²) < 4.78 is 24.8. The van der Waals surface area contributed by atoms with Crippen LogP contribution in [0.2, 0.25) is 0 Å². The zero-order chi connectivity index (χ0) is 12.2. The van der Waals surface area contributed by atoms with Gasteiger partial charge in [-0.15, -0.1) is 0 Å². The highest BCUT2D eigenvalue weighted by molar-refractivity contribution is 7.91. The fourth-order valence-electron chi connectivity index (χ4n) is 1.55. The van der Waals surface area contributed by atoms with Gasteiger partial charge in [0.25, 0.3) is 0 Å². The van der Waals surface area contributed by atoms with Crippen molar-refractivity contribution in [2.45, 2.75) is 33.4 Å². The van der Waals surface area contributed by atoms with Crippen LogP contribution in [-0.2, 0) is 22.9 Å². The van der Waals surface area contributed by atoms with Crippen LogP contribution in [0.4, 0.5) is 0 Å². The third kappa shape index (κ3) is 3.31. The first kappa shape index (κ1) is 13.2. The zero-order valence-corrected chi connectivity index (χ0v) is 10.6. The first-order chi connectivity index (χ1) is 7.50. The van der Waals surface area contributed by atoms with Crippen LogP contribution in [0.25, 0.3) is 0 Å². The summed E-state index contributed by atoms with van der Waals surface area (Å²) in [5.74, 6) is 0.393. The lowest BCUT2D eigenvalue weighted by Crippen LogP contribution is -2.17. The van der Waals surface area contributed by atoms with E-state index in [0.717, 1.165) is 11.3 Å². The number of nitrogens with two attached hydrogens (primary N) is 1. The molecule has 2 N–H and O–H groups in total. The van der Waals surface area contributed by atoms with Crippen molar-refractivity contribution in [2.24, 2.45) is 5.73 Å². The first-order valence-electron chi connectivity index (χ1n) is 5.42. The van der Waals surface area contributed by atoms with Crippen molar-refractivity contribution in [1.82, 2.24) is 9.78 Å². The number of aromatic nitrogens is 2. The minimum atomic E-state index is -2.94. The van der Waals surface area contributed by atoms with Crippen LogP contribution in [0, 0.1) is 6.92 Å². The monoisotopic (exact) mass is 245 g/mol. The minimum absolute atomic E-state index is 0.146. The van der Waals surface area contributed by atoms with Gasteiger partial charge in [0.05, 0.1) is 18.5 Å². The average Bonchev–Trinajstić information content (AvgIpc) is 2.56. The van der Waals surface area contributed by atoms with Crippen molar-refractivity contribution in [1.29, 1.82) is 0 Å². The molecule has 1 heterocycles. The summed E-state index contributed by atoms with van der Waals surface area (Å²) in [7, 11) is -2.94. The van der Waals surface area contributed by atoms with E-state index in [1.54, 1.807) is 10.9 Å². The van der Waals surface area contributed by atoms with Gasteiger partial charge in [-0.2, -0.15) is 5.10 Å². The Labute approximate surface area is 96.6 Å². The number of nitrogens with zero attached hydrogens (tertiary/aromatic N) is 2. The van der Waals surface area contributed by atoms with E-state index in [0.29, 0.717) is 19.5 Å². The van der Waals surface area contributed by atoms with Gasteiger partial charge >= 0.3 is 0 Å². The van der Waals surface area contributed by atoms with Gasteiger partial charge in [-0.1, -0.05) is 6.92 Å². The predicted molar refractivity (Wildman–Crippen MR) is 63.8 cm³/mol. The van der Waals surface area contributed by atoms with Crippen molar-refractivity contribution in [2.75, 3.05) is 11.5 Å². The molecular formula is C10H19N3O2S. The Morgan fingerprint density at radius 3 is 2.62 bits per heavy atom. The van der Waals surface area contributed by atoms with Gasteiger partial charge in [-0.25, -0.2) is 8.42 Å². The van der Waals surface area contributed by atoms with Crippen LogP contribution in [0.5, 0.6) is 0 Å². The summed E-state index contributed by atoms with van der Waals surface area (Å²) >= 11 is 0. The number of hydrogen-bond donors (Lipinski definition) is 1. The second-order valence-corrected chi connectivity index (χ2v) is 6.14. The molecule has 6 heteroatoms. The van der Waals surface area contributed by atoms with E-state index in [2.05, 4.69) is 5.10 Å². The molecule has 0 saturated carbocycles. The molecule has 1 aromatic rings. The Morgan fingerprint density at radius 2 is 2.12 bits per heavy atom. The highest BCUT2D eigenvalue weighted by atomic mass is 32.2. The van der Waals surface area contributed by atoms with E-state index in [9.17, 15) is 8.42 Å². The number of aryl methyl sites for hydroxylation is 1. The summed E-state index contributed by atoms with van der Waals surface area (Å²) in [6.45, 7) is 4.62. The maximum Gasteiger partial charge on any atom is 0.152 e. The Hall–Kier alpha value is -0.880. The second kappa shape index (κ2) is 5.45. The van der Waals surface area contributed by atoms with Crippen molar-refractivity contribution in [3.63, 3.8) is 0 Å². The fraction of sp³-hybridized carbons (Fsp3) is 0.700. The Kier molecular flexibility index (Phi) is 4.49. The van der Waals surface area contributed by atoms with Crippen LogP contribution in [0.1, 0.15) is 24.6 Å². The molecule has 0 aromatic carbocycles. The normalized spacial score (nSPS) is 11.9. The average molecular weight is 245 g/mol. The molecule has 0 atom stereocenters. The fourth-order valence-corrected chi connectivity index (χ4v) is 2.83. The van der Waals surface area contributed by atoms with E-state index in [1.165, 1.54) is 0 Å². The van der Waals surface area contributed by atoms with Gasteiger partial charge in [-0.05, 0) is 13.3 Å². The zero-order valence-electron chi connectivity index (χ0n) is 9.81. The van der Waals surface area contributed by atoms with Gasteiger partial charge in [0, 0.05) is 23.6 Å². The summed E-state index contributed by atoms with van der Waals surface area (Å²) in [5.41, 5.74) is 7.44. The molecule has 0 aliphatic heterocycles. The Bertz CT molecular complexity index is 437. The maximum absolute atomic E-state index is 11.5. The number of hydrogen-bond acceptors (Lipinski definition) is 4. The van der Waals surface area contributed by atoms with Crippen molar-refractivity contribution < 1.29 is 8.42 Å². The lowest BCUT2D eigenvalue weighted by atomic mass is 10.3. The van der Waals surface area contributed by atoms with E-state index in [4.69, 9.17) is 5.73 Å². The molecule has 0 spiro atoms. The molecule has 1 rings (SSSR count). The maximum atomic E-state index is 11.5. The molecule has 1 aromatic heterocycles. The molecule has 16 heavy (non-hydrogen) atoms. The summed E-state index contributed by atoms with van der Waals surface area (Å²) in [4.78, 5) is 0. The van der Waals surface area contributed by atoms with Crippen LogP contribution in [0.3, 0.4) is 0 Å². The lowest BCUT2D eigenvalue weighted by molar-refractivity contribution is 0.576. The van der Waals surface area contributed by atoms with Gasteiger partial charge in [0.2, 0.25) is 0 Å². The van der Waals surface area contributed by atoms with E-state index >= 15 is 0 Å². The van der Waals surface area contributed by atoms with Crippen LogP contribution in [-0.4, -0.2) is 29.7 Å². The quantitative estimate of drug-likeness (QED) is 0.790. The molecule has 0 fully saturated rings. The van der Waals surface area contributed by atoms with E-state index < -0.39 is 9.84 Å². The van der Waals surface area contributed by atoms with E-state index in [-0.39, 0.29) is 11.5 Å². The van der Waals surface area contributed by atoms with Crippen molar-refractivity contribution >= 4 is 9.84 Å². The standard InChI is InChI=1S/C10H19N3O2S/c1-3-5-16(14,15)6-4-13-9(2)10(7-11)8-12-13/h8H,3-7,11H2,1-2H3. The molecule has 0 aliphatic carbocycles. The third-order valence-corrected chi connectivity index (χ3v) is 4.39. The summed E-state index contributed by atoms with van der Waals surface area (Å²) in [5, 5.41) is 4.12. The van der Waals surface area contributed by atoms with Gasteiger partial charge in [0.1, 0.15) is 0 Å². The molecule has 92 valence electrons. The number of sulfone groups is 1. The molecule has 0 bridgehead atoms. The van der Waals surface area contributed by atoms with Crippen LogP contribution in [0.15, 0.2) is 6.20 Å². The van der Waals surface area contributed by atoms with E-state index in [1.807, 2.05) is 13.8 Å². The summed E-state index contributed by atoms with van der Waals surface area (Å²) in [6, 6.07) is 0. The molecule has 5 nitrogen and oxygen atoms in total. The van der Waals surface area contributed by atoms with Crippen molar-refractivity contribution in [3.05, 3.63) is 17.5 Å². The van der Waals surface area contributed by atoms with Gasteiger partial charge in [-0.3, -0.25) is 4.68 Å². The first-order valence-corrected chi connectivity index (χ1v) is 7.24. The third-order valence-electron chi connectivity index (χ3n) is 2.55. The lowest BCUT2D eigenvalue weighted by Gasteiger charge is -2.05. The highest BCUT2D eigenvalue weighted by Gasteiger charge is 2.11. The molecule has 0 aliphatic rings. The Balaban J connectivity index is 2.65. The molecule has 0 unspecified atom stereocenters. The number of rotatable bonds is 6. The van der Waals surface area contributed by atoms with Gasteiger partial charge < -0.3 is 5.73 Å².